The van der Waals surface area contributed by atoms with Gasteiger partial charge in [0.25, 0.3) is 0 Å². The molecule has 19 heavy (non-hydrogen) atoms. The maximum absolute atomic E-state index is 11.6. The molecule has 0 radical (unpaired) electrons. The number of nitrogens with two attached hydrogens (primary N) is 1. The fourth-order valence-corrected chi connectivity index (χ4v) is 1.74. The van der Waals surface area contributed by atoms with E-state index in [1.807, 2.05) is 13.8 Å². The van der Waals surface area contributed by atoms with Gasteiger partial charge >= 0.3 is 0 Å². The van der Waals surface area contributed by atoms with Crippen molar-refractivity contribution in [2.75, 3.05) is 11.9 Å². The van der Waals surface area contributed by atoms with Crippen molar-refractivity contribution in [3.8, 4) is 0 Å². The number of anilines is 1. The molecule has 1 aromatic rings. The summed E-state index contributed by atoms with van der Waals surface area (Å²) < 4.78 is 5.83. The lowest BCUT2D eigenvalue weighted by atomic mass is 10.2. The van der Waals surface area contributed by atoms with E-state index in [0.717, 1.165) is 0 Å². The lowest BCUT2D eigenvalue weighted by molar-refractivity contribution is -0.121. The summed E-state index contributed by atoms with van der Waals surface area (Å²) in [5.74, 6) is -0.243. The topological polar surface area (TPSA) is 96.9 Å². The number of nitrogens with one attached hydrogen (secondary N) is 1. The molecule has 0 saturated heterocycles. The van der Waals surface area contributed by atoms with Crippen LogP contribution >= 0.6 is 15.9 Å². The molecule has 1 rings (SSSR count). The van der Waals surface area contributed by atoms with Crippen LogP contribution in [-0.2, 0) is 9.53 Å². The Kier molecular flexibility index (Phi) is 5.78. The normalized spacial score (nSPS) is 11.7. The van der Waals surface area contributed by atoms with Crippen LogP contribution in [0, 0.1) is 0 Å². The Morgan fingerprint density at radius 2 is 2.26 bits per heavy atom. The van der Waals surface area contributed by atoms with Gasteiger partial charge in [-0.15, -0.1) is 0 Å². The van der Waals surface area contributed by atoms with Gasteiger partial charge in [0.1, 0.15) is 6.61 Å². The Morgan fingerprint density at radius 1 is 1.58 bits per heavy atom. The summed E-state index contributed by atoms with van der Waals surface area (Å²) in [6.07, 6.45) is -0.00266. The summed E-state index contributed by atoms with van der Waals surface area (Å²) in [5, 5.41) is 14.2. The molecule has 4 N–H and O–H groups in total. The Balaban J connectivity index is 2.72. The maximum atomic E-state index is 11.6. The van der Waals surface area contributed by atoms with E-state index in [9.17, 15) is 4.79 Å². The molecular formula is C12H16BrN3O3. The first-order valence-electron chi connectivity index (χ1n) is 5.63. The third kappa shape index (κ3) is 4.88. The van der Waals surface area contributed by atoms with Gasteiger partial charge < -0.3 is 21.0 Å². The van der Waals surface area contributed by atoms with Crippen LogP contribution in [0.3, 0.4) is 0 Å². The van der Waals surface area contributed by atoms with Crippen LogP contribution in [0.2, 0.25) is 0 Å². The van der Waals surface area contributed by atoms with Crippen LogP contribution in [0.4, 0.5) is 5.69 Å². The minimum absolute atomic E-state index is 0.00159. The van der Waals surface area contributed by atoms with Crippen LogP contribution in [0.25, 0.3) is 0 Å². The van der Waals surface area contributed by atoms with Crippen LogP contribution in [0.1, 0.15) is 19.4 Å². The fraction of sp³-hybridized carbons (Fsp3) is 0.333. The third-order valence-electron chi connectivity index (χ3n) is 2.19. The summed E-state index contributed by atoms with van der Waals surface area (Å²) >= 11 is 3.31. The van der Waals surface area contributed by atoms with Crippen molar-refractivity contribution in [3.63, 3.8) is 0 Å². The Labute approximate surface area is 119 Å². The molecule has 1 aromatic carbocycles. The average molecular weight is 330 g/mol. The van der Waals surface area contributed by atoms with Gasteiger partial charge in [-0.25, -0.2) is 0 Å². The lowest BCUT2D eigenvalue weighted by Crippen LogP contribution is -2.21. The Hall–Kier alpha value is -1.60. The average Bonchev–Trinajstić information content (AvgIpc) is 2.37. The summed E-state index contributed by atoms with van der Waals surface area (Å²) in [6.45, 7) is 3.70. The van der Waals surface area contributed by atoms with Gasteiger partial charge in [0.05, 0.1) is 11.8 Å². The van der Waals surface area contributed by atoms with Gasteiger partial charge in [0.2, 0.25) is 5.91 Å². The lowest BCUT2D eigenvalue weighted by Gasteiger charge is -2.10. The van der Waals surface area contributed by atoms with E-state index in [0.29, 0.717) is 15.7 Å². The van der Waals surface area contributed by atoms with Gasteiger partial charge in [-0.05, 0) is 48.0 Å². The number of rotatable bonds is 5. The van der Waals surface area contributed by atoms with Crippen molar-refractivity contribution in [2.24, 2.45) is 10.9 Å². The first-order chi connectivity index (χ1) is 8.93. The maximum Gasteiger partial charge on any atom is 0.250 e. The van der Waals surface area contributed by atoms with Crippen molar-refractivity contribution >= 4 is 33.4 Å². The number of halogens is 1. The zero-order valence-corrected chi connectivity index (χ0v) is 12.3. The van der Waals surface area contributed by atoms with Crippen molar-refractivity contribution in [1.82, 2.24) is 0 Å². The highest BCUT2D eigenvalue weighted by atomic mass is 79.9. The van der Waals surface area contributed by atoms with E-state index in [-0.39, 0.29) is 24.5 Å². The minimum atomic E-state index is -0.244. The highest BCUT2D eigenvalue weighted by Crippen LogP contribution is 2.23. The second-order valence-corrected chi connectivity index (χ2v) is 4.94. The molecule has 0 heterocycles. The van der Waals surface area contributed by atoms with Gasteiger partial charge in [-0.1, -0.05) is 5.16 Å². The summed E-state index contributed by atoms with van der Waals surface area (Å²) in [5.41, 5.74) is 6.60. The predicted octanol–water partition coefficient (Wildman–Crippen LogP) is 1.91. The molecule has 0 aliphatic heterocycles. The molecule has 0 aliphatic rings. The number of carbonyl (C=O) groups is 1. The van der Waals surface area contributed by atoms with E-state index in [1.54, 1.807) is 18.2 Å². The Morgan fingerprint density at radius 3 is 2.79 bits per heavy atom. The highest BCUT2D eigenvalue weighted by molar-refractivity contribution is 9.10. The second-order valence-electron chi connectivity index (χ2n) is 4.09. The highest BCUT2D eigenvalue weighted by Gasteiger charge is 2.08. The number of carbonyl (C=O) groups excluding carboxylic acids is 1. The zero-order valence-electron chi connectivity index (χ0n) is 10.7. The quantitative estimate of drug-likeness (QED) is 0.332. The van der Waals surface area contributed by atoms with Crippen LogP contribution in [0.15, 0.2) is 27.8 Å². The van der Waals surface area contributed by atoms with E-state index in [2.05, 4.69) is 26.4 Å². The van der Waals surface area contributed by atoms with Gasteiger partial charge in [0.15, 0.2) is 5.84 Å². The van der Waals surface area contributed by atoms with Crippen molar-refractivity contribution < 1.29 is 14.7 Å². The minimum Gasteiger partial charge on any atom is -0.409 e. The summed E-state index contributed by atoms with van der Waals surface area (Å²) in [4.78, 5) is 11.6. The molecule has 0 aromatic heterocycles. The Bertz CT molecular complexity index is 489. The monoisotopic (exact) mass is 329 g/mol. The van der Waals surface area contributed by atoms with Crippen molar-refractivity contribution in [2.45, 2.75) is 20.0 Å². The number of hydrogen-bond acceptors (Lipinski definition) is 4. The zero-order chi connectivity index (χ0) is 14.4. The number of ether oxygens (including phenoxy) is 1. The molecule has 0 fully saturated rings. The summed E-state index contributed by atoms with van der Waals surface area (Å²) in [7, 11) is 0. The molecule has 0 atom stereocenters. The molecule has 0 unspecified atom stereocenters. The SMILES string of the molecule is CC(C)OCC(=O)Nc1ccc(/C(N)=N/O)cc1Br. The van der Waals surface area contributed by atoms with E-state index < -0.39 is 0 Å². The number of oxime groups is 1. The van der Waals surface area contributed by atoms with Crippen LogP contribution < -0.4 is 11.1 Å². The third-order valence-corrected chi connectivity index (χ3v) is 2.85. The first kappa shape index (κ1) is 15.5. The molecule has 7 heteroatoms. The second kappa shape index (κ2) is 7.10. The van der Waals surface area contributed by atoms with Gasteiger partial charge in [-0.3, -0.25) is 4.79 Å². The van der Waals surface area contributed by atoms with E-state index >= 15 is 0 Å². The van der Waals surface area contributed by atoms with Gasteiger partial charge in [0, 0.05) is 10.0 Å². The first-order valence-corrected chi connectivity index (χ1v) is 6.42. The largest absolute Gasteiger partial charge is 0.409 e. The molecular weight excluding hydrogens is 314 g/mol. The molecule has 0 spiro atoms. The predicted molar refractivity (Wildman–Crippen MR) is 76.4 cm³/mol. The van der Waals surface area contributed by atoms with Crippen molar-refractivity contribution in [1.29, 1.82) is 0 Å². The molecule has 0 bridgehead atoms. The fourth-order valence-electron chi connectivity index (χ4n) is 1.26. The van der Waals surface area contributed by atoms with Gasteiger partial charge in [-0.2, -0.15) is 0 Å². The molecule has 6 nitrogen and oxygen atoms in total. The molecule has 1 amide bonds. The number of amides is 1. The number of amidine groups is 1. The van der Waals surface area contributed by atoms with Crippen molar-refractivity contribution in [3.05, 3.63) is 28.2 Å². The van der Waals surface area contributed by atoms with Crippen LogP contribution in [-0.4, -0.2) is 29.7 Å². The molecule has 0 saturated carbocycles. The smallest absolute Gasteiger partial charge is 0.250 e. The number of benzene rings is 1. The van der Waals surface area contributed by atoms with Crippen LogP contribution in [0.5, 0.6) is 0 Å². The molecule has 0 aliphatic carbocycles. The standard InChI is InChI=1S/C12H16BrN3O3/c1-7(2)19-6-11(17)15-10-4-3-8(5-9(10)13)12(14)16-18/h3-5,7,18H,6H2,1-2H3,(H2,14,16)(H,15,17). The van der Waals surface area contributed by atoms with E-state index in [1.165, 1.54) is 0 Å². The van der Waals surface area contributed by atoms with E-state index in [4.69, 9.17) is 15.7 Å². The molecule has 104 valence electrons. The summed E-state index contributed by atoms with van der Waals surface area (Å²) in [6, 6.07) is 4.94. The number of hydrogen-bond donors (Lipinski definition) is 3. The number of nitrogens with zero attached hydrogens (tertiary/aromatic N) is 1.